The zero-order valence-corrected chi connectivity index (χ0v) is 46.3. The van der Waals surface area contributed by atoms with Crippen molar-refractivity contribution in [2.24, 2.45) is 4.99 Å². The van der Waals surface area contributed by atoms with Crippen molar-refractivity contribution in [3.05, 3.63) is 187 Å². The number of anilines is 4. The molecule has 0 fully saturated rings. The number of para-hydroxylation sites is 1. The molecular weight excluding hydrogens is 1030 g/mol. The molecule has 0 amide bonds. The second-order valence-electron chi connectivity index (χ2n) is 23.1. The molecule has 2 aliphatic heterocycles. The van der Waals surface area contributed by atoms with Gasteiger partial charge in [0.1, 0.15) is 5.82 Å². The van der Waals surface area contributed by atoms with Crippen LogP contribution in [-0.2, 0) is 43.9 Å². The molecule has 0 saturated carbocycles. The van der Waals surface area contributed by atoms with Gasteiger partial charge in [-0.15, -0.1) is 46.3 Å². The summed E-state index contributed by atoms with van der Waals surface area (Å²) < 4.78 is 2.34. The number of hydrogen-bond acceptors (Lipinski definition) is 4. The molecule has 2 atom stereocenters. The molecule has 0 bridgehead atoms. The summed E-state index contributed by atoms with van der Waals surface area (Å²) in [5, 5.41) is 2.39. The first kappa shape index (κ1) is 47.9. The topological polar surface area (TPSA) is 36.7 Å². The van der Waals surface area contributed by atoms with E-state index in [1.54, 1.807) is 0 Å². The third-order valence-corrected chi connectivity index (χ3v) is 17.0. The third kappa shape index (κ3) is 6.73. The molecule has 3 aliphatic rings. The van der Waals surface area contributed by atoms with Gasteiger partial charge in [0.05, 0.1) is 16.9 Å². The quantitative estimate of drug-likeness (QED) is 0.161. The Morgan fingerprint density at radius 2 is 1.40 bits per heavy atom. The van der Waals surface area contributed by atoms with Crippen LogP contribution in [0.5, 0.6) is 0 Å². The molecule has 2 aromatic heterocycles. The molecule has 0 saturated heterocycles. The van der Waals surface area contributed by atoms with E-state index in [0.29, 0.717) is 0 Å². The first-order valence-electron chi connectivity index (χ1n) is 25.1. The first-order chi connectivity index (χ1) is 32.5. The van der Waals surface area contributed by atoms with Crippen LogP contribution in [0.25, 0.3) is 27.6 Å². The largest absolute Gasteiger partial charge is 2.00 e. The number of aromatic nitrogens is 2. The number of hydrogen-bond donors (Lipinski definition) is 0. The monoisotopic (exact) mass is 1100 g/mol. The maximum Gasteiger partial charge on any atom is 2.00 e. The van der Waals surface area contributed by atoms with Gasteiger partial charge < -0.3 is 19.4 Å². The molecule has 70 heavy (non-hydrogen) atoms. The number of aryl methyl sites for hydroxylation is 4. The Bertz CT molecular complexity index is 3520. The average molecular weight is 1100 g/mol. The fraction of sp³-hybridized carbons (Fsp3) is 0.344. The minimum atomic E-state index is -0.453. The van der Waals surface area contributed by atoms with Gasteiger partial charge in [-0.05, 0) is 176 Å². The summed E-state index contributed by atoms with van der Waals surface area (Å²) in [6.07, 6.45) is 2.84. The van der Waals surface area contributed by atoms with Gasteiger partial charge in [0.15, 0.2) is 0 Å². The Kier molecular flexibility index (Phi) is 11.0. The van der Waals surface area contributed by atoms with E-state index in [9.17, 15) is 0 Å². The molecule has 4 heterocycles. The van der Waals surface area contributed by atoms with E-state index in [2.05, 4.69) is 228 Å². The molecule has 0 N–H and O–H groups in total. The molecule has 8 aromatic rings. The van der Waals surface area contributed by atoms with E-state index < -0.39 is 11.1 Å². The summed E-state index contributed by atoms with van der Waals surface area (Å²) in [7, 11) is 0. The van der Waals surface area contributed by atoms with Crippen LogP contribution in [0.3, 0.4) is 0 Å². The minimum absolute atomic E-state index is 0. The number of aliphatic imine (C=N–C) groups is 1. The van der Waals surface area contributed by atoms with Crippen LogP contribution in [0.15, 0.2) is 102 Å². The van der Waals surface area contributed by atoms with Gasteiger partial charge in [-0.25, -0.2) is 4.98 Å². The van der Waals surface area contributed by atoms with Crippen molar-refractivity contribution in [3.8, 4) is 5.82 Å². The Morgan fingerprint density at radius 1 is 0.686 bits per heavy atom. The van der Waals surface area contributed by atoms with E-state index in [0.717, 1.165) is 51.7 Å². The van der Waals surface area contributed by atoms with Crippen LogP contribution in [0.4, 0.5) is 22.7 Å². The van der Waals surface area contributed by atoms with Crippen molar-refractivity contribution in [2.45, 2.75) is 145 Å². The summed E-state index contributed by atoms with van der Waals surface area (Å²) >= 11 is 0. The normalized spacial score (nSPS) is 19.1. The van der Waals surface area contributed by atoms with Crippen LogP contribution in [0.1, 0.15) is 146 Å². The van der Waals surface area contributed by atoms with Gasteiger partial charge in [-0.1, -0.05) is 114 Å². The number of nitrogens with zero attached hydrogens (tertiary/aromatic N) is 5. The summed E-state index contributed by atoms with van der Waals surface area (Å²) in [4.78, 5) is 16.2. The van der Waals surface area contributed by atoms with Crippen molar-refractivity contribution in [1.29, 1.82) is 0 Å². The Hall–Kier alpha value is -5.77. The van der Waals surface area contributed by atoms with Crippen molar-refractivity contribution in [2.75, 3.05) is 9.80 Å². The Morgan fingerprint density at radius 3 is 2.10 bits per heavy atom. The van der Waals surface area contributed by atoms with Gasteiger partial charge in [0, 0.05) is 23.1 Å². The standard InChI is InChI=1S/C64H67N5.Pt/c1-36(2)44-29-45(60-66-63(15)35-50-41(7)38(4)22-23-51(50)64(63,16)69(60)59-42(8)39(5)28-40(6)43(59)9)31-47(30-44)67-55-20-18-17-19-52(55)62(13,14)53-33-49-48-27-37(3)21-24-54(48)68(56(49)34-57(53)67)58-32-46(25-26-65-58)61(10,11)12;/h17-30,32-33,36H,35H2,1-16H3;/q-2;+2/t63-,64+;/m1./s1. The first-order valence-corrected chi connectivity index (χ1v) is 25.1. The van der Waals surface area contributed by atoms with Crippen molar-refractivity contribution in [3.63, 3.8) is 0 Å². The average Bonchev–Trinajstić information content (AvgIpc) is 3.83. The predicted molar refractivity (Wildman–Crippen MR) is 290 cm³/mol. The maximum atomic E-state index is 6.02. The van der Waals surface area contributed by atoms with Gasteiger partial charge >= 0.3 is 21.1 Å². The van der Waals surface area contributed by atoms with E-state index in [1.807, 2.05) is 6.20 Å². The van der Waals surface area contributed by atoms with E-state index >= 15 is 0 Å². The van der Waals surface area contributed by atoms with Gasteiger partial charge in [-0.3, -0.25) is 0 Å². The van der Waals surface area contributed by atoms with Crippen LogP contribution >= 0.6 is 0 Å². The summed E-state index contributed by atoms with van der Waals surface area (Å²) in [6.45, 7) is 36.9. The second-order valence-corrected chi connectivity index (χ2v) is 23.1. The van der Waals surface area contributed by atoms with Crippen molar-refractivity contribution < 1.29 is 21.1 Å². The molecule has 358 valence electrons. The van der Waals surface area contributed by atoms with Gasteiger partial charge in [0.2, 0.25) is 0 Å². The zero-order chi connectivity index (χ0) is 49.0. The number of fused-ring (bicyclic) bond motifs is 8. The molecular formula is C64H67N5Pt. The summed E-state index contributed by atoms with van der Waals surface area (Å²) in [6, 6.07) is 42.8. The molecule has 0 radical (unpaired) electrons. The third-order valence-electron chi connectivity index (χ3n) is 17.0. The number of pyridine rings is 1. The molecule has 6 aromatic carbocycles. The van der Waals surface area contributed by atoms with Crippen LogP contribution in [-0.4, -0.2) is 20.9 Å². The van der Waals surface area contributed by atoms with Gasteiger partial charge in [0.25, 0.3) is 0 Å². The second kappa shape index (κ2) is 16.1. The fourth-order valence-electron chi connectivity index (χ4n) is 12.3. The number of benzene rings is 6. The smallest absolute Gasteiger partial charge is 0.354 e. The molecule has 6 heteroatoms. The number of amidine groups is 1. The van der Waals surface area contributed by atoms with Crippen LogP contribution < -0.4 is 9.80 Å². The SMILES string of the molecule is Cc1ccc2c(c1)c1cc3c([c-]c1n2-c1cc(C(C)(C)C)ccn1)N(c1[c-]c(C2=N[C@]4(C)Cc5c(ccc(C)c5C)[C@]4(C)N2c2c(C)c(C)cc(C)c2C)cc(C(C)C)c1)c1ccccc1C3(C)C.[Pt+2]. The van der Waals surface area contributed by atoms with Crippen LogP contribution in [0.2, 0.25) is 0 Å². The minimum Gasteiger partial charge on any atom is -0.354 e. The van der Waals surface area contributed by atoms with E-state index in [-0.39, 0.29) is 37.8 Å². The van der Waals surface area contributed by atoms with E-state index in [4.69, 9.17) is 9.98 Å². The molecule has 0 unspecified atom stereocenters. The van der Waals surface area contributed by atoms with Crippen molar-refractivity contribution >= 4 is 50.4 Å². The summed E-state index contributed by atoms with van der Waals surface area (Å²) in [5.74, 6) is 2.12. The number of rotatable bonds is 5. The molecule has 5 nitrogen and oxygen atoms in total. The summed E-state index contributed by atoms with van der Waals surface area (Å²) in [5.41, 5.74) is 23.2. The predicted octanol–water partition coefficient (Wildman–Crippen LogP) is 16.0. The molecule has 1 aliphatic carbocycles. The zero-order valence-electron chi connectivity index (χ0n) is 44.1. The Balaban J connectivity index is 0.00000567. The Labute approximate surface area is 431 Å². The molecule has 0 spiro atoms. The maximum absolute atomic E-state index is 6.02. The van der Waals surface area contributed by atoms with Crippen LogP contribution in [0, 0.1) is 60.6 Å². The van der Waals surface area contributed by atoms with Gasteiger partial charge in [-0.2, -0.15) is 6.07 Å². The molecule has 11 rings (SSSR count). The van der Waals surface area contributed by atoms with Crippen molar-refractivity contribution in [1.82, 2.24) is 9.55 Å². The fourth-order valence-corrected chi connectivity index (χ4v) is 12.3. The van der Waals surface area contributed by atoms with E-state index in [1.165, 1.54) is 88.8 Å².